The highest BCUT2D eigenvalue weighted by atomic mass is 35.5. The van der Waals surface area contributed by atoms with E-state index in [2.05, 4.69) is 11.4 Å². The largest absolute Gasteiger partial charge is 0.348 e. The van der Waals surface area contributed by atoms with E-state index in [1.807, 2.05) is 32.9 Å². The Bertz CT molecular complexity index is 911. The van der Waals surface area contributed by atoms with E-state index < -0.39 is 10.0 Å². The summed E-state index contributed by atoms with van der Waals surface area (Å²) in [6.45, 7) is 5.75. The van der Waals surface area contributed by atoms with E-state index in [4.69, 9.17) is 11.6 Å². The van der Waals surface area contributed by atoms with E-state index >= 15 is 0 Å². The van der Waals surface area contributed by atoms with Crippen molar-refractivity contribution >= 4 is 33.2 Å². The highest BCUT2D eigenvalue weighted by molar-refractivity contribution is 7.92. The van der Waals surface area contributed by atoms with E-state index in [1.54, 1.807) is 24.3 Å². The number of carbonyl (C=O) groups is 1. The predicted octanol–water partition coefficient (Wildman–Crippen LogP) is 3.99. The molecule has 1 amide bonds. The van der Waals surface area contributed by atoms with Crippen LogP contribution in [-0.2, 0) is 14.8 Å². The summed E-state index contributed by atoms with van der Waals surface area (Å²) in [7, 11) is -3.62. The smallest absolute Gasteiger partial charge is 0.241 e. The lowest BCUT2D eigenvalue weighted by Crippen LogP contribution is -2.41. The van der Waals surface area contributed by atoms with E-state index in [9.17, 15) is 13.2 Å². The van der Waals surface area contributed by atoms with Crippen molar-refractivity contribution in [2.45, 2.75) is 33.2 Å². The van der Waals surface area contributed by atoms with Gasteiger partial charge in [0.25, 0.3) is 0 Å². The number of aryl methyl sites for hydroxylation is 2. The number of anilines is 1. The first-order valence-electron chi connectivity index (χ1n) is 8.71. The van der Waals surface area contributed by atoms with Crippen LogP contribution in [0.5, 0.6) is 0 Å². The van der Waals surface area contributed by atoms with Crippen LogP contribution in [0, 0.1) is 13.8 Å². The van der Waals surface area contributed by atoms with E-state index in [0.29, 0.717) is 17.1 Å². The fourth-order valence-electron chi connectivity index (χ4n) is 2.78. The topological polar surface area (TPSA) is 66.5 Å². The van der Waals surface area contributed by atoms with Gasteiger partial charge in [-0.05, 0) is 61.2 Å². The van der Waals surface area contributed by atoms with Gasteiger partial charge in [0.15, 0.2) is 0 Å². The molecule has 2 aromatic carbocycles. The van der Waals surface area contributed by atoms with E-state index in [-0.39, 0.29) is 18.5 Å². The van der Waals surface area contributed by atoms with Crippen LogP contribution in [0.15, 0.2) is 42.5 Å². The summed E-state index contributed by atoms with van der Waals surface area (Å²) in [6.07, 6.45) is 1.78. The van der Waals surface area contributed by atoms with Gasteiger partial charge >= 0.3 is 0 Å². The first-order chi connectivity index (χ1) is 12.6. The molecule has 0 saturated carbocycles. The number of hydrogen-bond acceptors (Lipinski definition) is 3. The Morgan fingerprint density at radius 1 is 1.11 bits per heavy atom. The molecule has 2 rings (SSSR count). The summed E-state index contributed by atoms with van der Waals surface area (Å²) in [5.74, 6) is -0.361. The maximum Gasteiger partial charge on any atom is 0.241 e. The maximum atomic E-state index is 12.6. The molecule has 0 saturated heterocycles. The van der Waals surface area contributed by atoms with Crippen molar-refractivity contribution in [3.05, 3.63) is 64.2 Å². The standard InChI is InChI=1S/C20H25ClN2O3S/c1-5-19(16-7-6-14(2)15(3)12-16)22-20(24)13-23(27(4,25)26)18-10-8-17(21)9-11-18/h6-12,19H,5,13H2,1-4H3,(H,22,24). The summed E-state index contributed by atoms with van der Waals surface area (Å²) in [6, 6.07) is 12.2. The molecule has 5 nitrogen and oxygen atoms in total. The molecular formula is C20H25ClN2O3S. The minimum absolute atomic E-state index is 0.177. The normalized spacial score (nSPS) is 12.5. The van der Waals surface area contributed by atoms with E-state index in [1.165, 1.54) is 5.56 Å². The highest BCUT2D eigenvalue weighted by Gasteiger charge is 2.22. The third kappa shape index (κ3) is 5.71. The minimum Gasteiger partial charge on any atom is -0.348 e. The SMILES string of the molecule is CCC(NC(=O)CN(c1ccc(Cl)cc1)S(C)(=O)=O)c1ccc(C)c(C)c1. The van der Waals surface area contributed by atoms with Gasteiger partial charge in [-0.25, -0.2) is 8.42 Å². The fourth-order valence-corrected chi connectivity index (χ4v) is 3.76. The lowest BCUT2D eigenvalue weighted by Gasteiger charge is -2.24. The monoisotopic (exact) mass is 408 g/mol. The second-order valence-electron chi connectivity index (χ2n) is 6.62. The van der Waals surface area contributed by atoms with Gasteiger partial charge in [0, 0.05) is 5.02 Å². The van der Waals surface area contributed by atoms with Crippen molar-refractivity contribution in [2.24, 2.45) is 0 Å². The Morgan fingerprint density at radius 2 is 1.74 bits per heavy atom. The number of carbonyl (C=O) groups excluding carboxylic acids is 1. The van der Waals surface area contributed by atoms with Crippen LogP contribution in [0.3, 0.4) is 0 Å². The molecule has 7 heteroatoms. The Balaban J connectivity index is 2.19. The molecule has 0 spiro atoms. The average Bonchev–Trinajstić information content (AvgIpc) is 2.60. The number of rotatable bonds is 7. The average molecular weight is 409 g/mol. The van der Waals surface area contributed by atoms with Crippen LogP contribution in [-0.4, -0.2) is 27.1 Å². The molecule has 0 aliphatic rings. The number of hydrogen-bond donors (Lipinski definition) is 1. The molecule has 0 aromatic heterocycles. The van der Waals surface area contributed by atoms with E-state index in [0.717, 1.165) is 21.7 Å². The molecule has 0 radical (unpaired) electrons. The second-order valence-corrected chi connectivity index (χ2v) is 8.96. The zero-order valence-corrected chi connectivity index (χ0v) is 17.6. The molecule has 1 unspecified atom stereocenters. The maximum absolute atomic E-state index is 12.6. The molecule has 1 atom stereocenters. The Labute approximate surface area is 166 Å². The zero-order valence-electron chi connectivity index (χ0n) is 16.0. The molecule has 0 aliphatic heterocycles. The quantitative estimate of drug-likeness (QED) is 0.753. The minimum atomic E-state index is -3.62. The molecule has 1 N–H and O–H groups in total. The molecule has 0 heterocycles. The summed E-state index contributed by atoms with van der Waals surface area (Å²) < 4.78 is 25.4. The Morgan fingerprint density at radius 3 is 2.26 bits per heavy atom. The number of nitrogens with zero attached hydrogens (tertiary/aromatic N) is 1. The van der Waals surface area contributed by atoms with Crippen molar-refractivity contribution in [1.82, 2.24) is 5.32 Å². The summed E-state index contributed by atoms with van der Waals surface area (Å²) in [5, 5.41) is 3.44. The third-order valence-electron chi connectivity index (χ3n) is 4.48. The van der Waals surface area contributed by atoms with Gasteiger partial charge < -0.3 is 5.32 Å². The molecule has 0 aliphatic carbocycles. The van der Waals surface area contributed by atoms with Crippen molar-refractivity contribution < 1.29 is 13.2 Å². The van der Waals surface area contributed by atoms with Crippen molar-refractivity contribution in [2.75, 3.05) is 17.1 Å². The molecule has 2 aromatic rings. The molecule has 0 fully saturated rings. The van der Waals surface area contributed by atoms with Gasteiger partial charge in [0.2, 0.25) is 15.9 Å². The van der Waals surface area contributed by atoms with Crippen LogP contribution < -0.4 is 9.62 Å². The van der Waals surface area contributed by atoms with Gasteiger partial charge in [0.05, 0.1) is 18.0 Å². The van der Waals surface area contributed by atoms with Crippen LogP contribution in [0.2, 0.25) is 5.02 Å². The van der Waals surface area contributed by atoms with Crippen molar-refractivity contribution in [1.29, 1.82) is 0 Å². The third-order valence-corrected chi connectivity index (χ3v) is 5.87. The van der Waals surface area contributed by atoms with Gasteiger partial charge in [-0.2, -0.15) is 0 Å². The number of halogens is 1. The molecule has 146 valence electrons. The Hall–Kier alpha value is -2.05. The number of amides is 1. The lowest BCUT2D eigenvalue weighted by molar-refractivity contribution is -0.120. The fraction of sp³-hybridized carbons (Fsp3) is 0.350. The second kappa shape index (κ2) is 8.76. The number of nitrogens with one attached hydrogen (secondary N) is 1. The Kier molecular flexibility index (Phi) is 6.89. The molecule has 27 heavy (non-hydrogen) atoms. The summed E-state index contributed by atoms with van der Waals surface area (Å²) in [5.41, 5.74) is 3.74. The van der Waals surface area contributed by atoms with Crippen LogP contribution >= 0.6 is 11.6 Å². The van der Waals surface area contributed by atoms with Crippen LogP contribution in [0.1, 0.15) is 36.1 Å². The number of benzene rings is 2. The van der Waals surface area contributed by atoms with Gasteiger partial charge in [-0.1, -0.05) is 36.7 Å². The molecular weight excluding hydrogens is 384 g/mol. The van der Waals surface area contributed by atoms with Crippen molar-refractivity contribution in [3.8, 4) is 0 Å². The predicted molar refractivity (Wildman–Crippen MR) is 111 cm³/mol. The molecule has 0 bridgehead atoms. The summed E-state index contributed by atoms with van der Waals surface area (Å²) in [4.78, 5) is 12.6. The van der Waals surface area contributed by atoms with Gasteiger partial charge in [-0.15, -0.1) is 0 Å². The lowest BCUT2D eigenvalue weighted by atomic mass is 9.99. The first kappa shape index (κ1) is 21.3. The first-order valence-corrected chi connectivity index (χ1v) is 10.9. The van der Waals surface area contributed by atoms with Crippen molar-refractivity contribution in [3.63, 3.8) is 0 Å². The van der Waals surface area contributed by atoms with Crippen LogP contribution in [0.25, 0.3) is 0 Å². The summed E-state index contributed by atoms with van der Waals surface area (Å²) >= 11 is 5.87. The van der Waals surface area contributed by atoms with Gasteiger partial charge in [0.1, 0.15) is 6.54 Å². The highest BCUT2D eigenvalue weighted by Crippen LogP contribution is 2.22. The van der Waals surface area contributed by atoms with Gasteiger partial charge in [-0.3, -0.25) is 9.10 Å². The number of sulfonamides is 1. The van der Waals surface area contributed by atoms with Crippen LogP contribution in [0.4, 0.5) is 5.69 Å². The zero-order chi connectivity index (χ0) is 20.2.